The van der Waals surface area contributed by atoms with Crippen LogP contribution in [0.1, 0.15) is 11.3 Å². The zero-order valence-electron chi connectivity index (χ0n) is 14.7. The highest BCUT2D eigenvalue weighted by Crippen LogP contribution is 2.29. The third kappa shape index (κ3) is 3.74. The average Bonchev–Trinajstić information content (AvgIpc) is 2.65. The van der Waals surface area contributed by atoms with Crippen molar-refractivity contribution in [1.82, 2.24) is 4.98 Å². The number of non-ortho nitro benzene ring substituents is 1. The third-order valence-electron chi connectivity index (χ3n) is 4.04. The van der Waals surface area contributed by atoms with Crippen LogP contribution in [0, 0.1) is 20.2 Å². The highest BCUT2D eigenvalue weighted by Gasteiger charge is 2.15. The molecule has 1 aromatic heterocycles. The van der Waals surface area contributed by atoms with Gasteiger partial charge in [-0.1, -0.05) is 30.3 Å². The minimum Gasteiger partial charge on any atom is -0.372 e. The monoisotopic (exact) mass is 364 g/mol. The van der Waals surface area contributed by atoms with Gasteiger partial charge in [-0.3, -0.25) is 20.2 Å². The zero-order valence-corrected chi connectivity index (χ0v) is 14.7. The molecule has 0 unspecified atom stereocenters. The Morgan fingerprint density at radius 1 is 0.926 bits per heavy atom. The summed E-state index contributed by atoms with van der Waals surface area (Å²) >= 11 is 0. The zero-order chi connectivity index (χ0) is 19.6. The summed E-state index contributed by atoms with van der Waals surface area (Å²) in [6, 6.07) is 13.2. The van der Waals surface area contributed by atoms with E-state index in [1.54, 1.807) is 67.5 Å². The maximum absolute atomic E-state index is 11.3. The van der Waals surface area contributed by atoms with Crippen LogP contribution in [0.3, 0.4) is 0 Å². The Balaban J connectivity index is 1.99. The van der Waals surface area contributed by atoms with Crippen molar-refractivity contribution in [1.29, 1.82) is 0 Å². The molecule has 0 saturated heterocycles. The molecule has 2 aromatic carbocycles. The lowest BCUT2D eigenvalue weighted by Gasteiger charge is -2.12. The minimum absolute atomic E-state index is 0.00394. The number of fused-ring (bicyclic) bond motifs is 1. The van der Waals surface area contributed by atoms with Crippen LogP contribution in [0.4, 0.5) is 17.1 Å². The van der Waals surface area contributed by atoms with Crippen LogP contribution in [-0.4, -0.2) is 28.9 Å². The number of anilines is 1. The number of benzene rings is 2. The fraction of sp³-hybridized carbons (Fsp3) is 0.105. The number of pyridine rings is 1. The molecule has 3 aromatic rings. The van der Waals surface area contributed by atoms with Crippen molar-refractivity contribution in [2.24, 2.45) is 0 Å². The Morgan fingerprint density at radius 2 is 1.67 bits per heavy atom. The predicted octanol–water partition coefficient (Wildman–Crippen LogP) is 4.29. The van der Waals surface area contributed by atoms with Gasteiger partial charge in [0.25, 0.3) is 11.4 Å². The first kappa shape index (κ1) is 18.0. The Hall–Kier alpha value is -3.81. The van der Waals surface area contributed by atoms with E-state index in [9.17, 15) is 20.2 Å². The smallest absolute Gasteiger partial charge is 0.295 e. The molecular weight excluding hydrogens is 348 g/mol. The number of para-hydroxylation sites is 1. The quantitative estimate of drug-likeness (QED) is 0.494. The van der Waals surface area contributed by atoms with E-state index in [2.05, 4.69) is 4.98 Å². The topological polar surface area (TPSA) is 102 Å². The molecular formula is C19H16N4O4. The summed E-state index contributed by atoms with van der Waals surface area (Å²) in [7, 11) is 3.48. The molecule has 0 saturated carbocycles. The summed E-state index contributed by atoms with van der Waals surface area (Å²) in [4.78, 5) is 27.6. The second kappa shape index (κ2) is 7.20. The maximum atomic E-state index is 11.3. The van der Waals surface area contributed by atoms with Crippen molar-refractivity contribution in [2.75, 3.05) is 19.0 Å². The second-order valence-corrected chi connectivity index (χ2v) is 6.08. The lowest BCUT2D eigenvalue weighted by atomic mass is 10.1. The molecule has 0 fully saturated rings. The standard InChI is InChI=1S/C19H16N4O4/c1-21(2)16-11-7-13(12-18(16)23(26)27)6-9-15-10-8-14-4-3-5-17(22(24)25)19(14)20-15/h3-12H,1-2H3/b9-6+. The van der Waals surface area contributed by atoms with Gasteiger partial charge in [-0.25, -0.2) is 4.98 Å². The molecule has 27 heavy (non-hydrogen) atoms. The van der Waals surface area contributed by atoms with E-state index >= 15 is 0 Å². The van der Waals surface area contributed by atoms with Gasteiger partial charge in [0.15, 0.2) is 0 Å². The van der Waals surface area contributed by atoms with Crippen molar-refractivity contribution in [3.05, 3.63) is 80.0 Å². The lowest BCUT2D eigenvalue weighted by Crippen LogP contribution is -2.10. The number of hydrogen-bond donors (Lipinski definition) is 0. The van der Waals surface area contributed by atoms with Gasteiger partial charge >= 0.3 is 0 Å². The number of nitro groups is 2. The summed E-state index contributed by atoms with van der Waals surface area (Å²) in [5.74, 6) is 0. The van der Waals surface area contributed by atoms with Crippen molar-refractivity contribution in [3.8, 4) is 0 Å². The summed E-state index contributed by atoms with van der Waals surface area (Å²) in [6.45, 7) is 0. The van der Waals surface area contributed by atoms with E-state index in [1.165, 1.54) is 12.1 Å². The van der Waals surface area contributed by atoms with E-state index in [1.807, 2.05) is 0 Å². The van der Waals surface area contributed by atoms with Gasteiger partial charge in [0.05, 0.1) is 15.5 Å². The molecule has 1 heterocycles. The largest absolute Gasteiger partial charge is 0.372 e. The predicted molar refractivity (Wildman–Crippen MR) is 105 cm³/mol. The number of nitrogens with zero attached hydrogens (tertiary/aromatic N) is 4. The molecule has 0 spiro atoms. The highest BCUT2D eigenvalue weighted by molar-refractivity contribution is 5.88. The molecule has 8 heteroatoms. The fourth-order valence-corrected chi connectivity index (χ4v) is 2.74. The number of hydrogen-bond acceptors (Lipinski definition) is 6. The SMILES string of the molecule is CN(C)c1ccc(/C=C/c2ccc3cccc([N+](=O)[O-])c3n2)cc1[N+](=O)[O-]. The molecule has 0 radical (unpaired) electrons. The average molecular weight is 364 g/mol. The molecule has 0 N–H and O–H groups in total. The molecule has 0 atom stereocenters. The molecule has 0 amide bonds. The van der Waals surface area contributed by atoms with E-state index in [-0.39, 0.29) is 11.4 Å². The van der Waals surface area contributed by atoms with Crippen molar-refractivity contribution in [2.45, 2.75) is 0 Å². The summed E-state index contributed by atoms with van der Waals surface area (Å²) in [5, 5.41) is 23.1. The van der Waals surface area contributed by atoms with Gasteiger partial charge in [-0.2, -0.15) is 0 Å². The summed E-state index contributed by atoms with van der Waals surface area (Å²) in [5.41, 5.74) is 1.92. The Morgan fingerprint density at radius 3 is 2.33 bits per heavy atom. The van der Waals surface area contributed by atoms with Crippen molar-refractivity contribution >= 4 is 40.1 Å². The van der Waals surface area contributed by atoms with Crippen LogP contribution >= 0.6 is 0 Å². The first-order chi connectivity index (χ1) is 12.9. The van der Waals surface area contributed by atoms with Gasteiger partial charge in [0, 0.05) is 31.6 Å². The van der Waals surface area contributed by atoms with Crippen LogP contribution in [0.15, 0.2) is 48.5 Å². The van der Waals surface area contributed by atoms with Crippen LogP contribution < -0.4 is 4.90 Å². The molecule has 3 rings (SSSR count). The van der Waals surface area contributed by atoms with E-state index in [0.29, 0.717) is 27.8 Å². The number of nitro benzene ring substituents is 2. The number of rotatable bonds is 5. The number of aromatic nitrogens is 1. The first-order valence-corrected chi connectivity index (χ1v) is 8.05. The van der Waals surface area contributed by atoms with E-state index in [4.69, 9.17) is 0 Å². The third-order valence-corrected chi connectivity index (χ3v) is 4.04. The molecule has 0 aliphatic rings. The molecule has 0 aliphatic carbocycles. The molecule has 0 bridgehead atoms. The second-order valence-electron chi connectivity index (χ2n) is 6.08. The molecule has 136 valence electrons. The van der Waals surface area contributed by atoms with Gasteiger partial charge < -0.3 is 4.90 Å². The minimum atomic E-state index is -0.466. The van der Waals surface area contributed by atoms with Crippen LogP contribution in [0.5, 0.6) is 0 Å². The van der Waals surface area contributed by atoms with E-state index < -0.39 is 9.85 Å². The summed E-state index contributed by atoms with van der Waals surface area (Å²) in [6.07, 6.45) is 3.36. The highest BCUT2D eigenvalue weighted by atomic mass is 16.6. The van der Waals surface area contributed by atoms with Crippen molar-refractivity contribution in [3.63, 3.8) is 0 Å². The maximum Gasteiger partial charge on any atom is 0.295 e. The Bertz CT molecular complexity index is 1080. The normalized spacial score (nSPS) is 11.0. The van der Waals surface area contributed by atoms with Gasteiger partial charge in [-0.05, 0) is 23.8 Å². The van der Waals surface area contributed by atoms with Gasteiger partial charge in [0.2, 0.25) is 0 Å². The fourth-order valence-electron chi connectivity index (χ4n) is 2.74. The van der Waals surface area contributed by atoms with Gasteiger partial charge in [0.1, 0.15) is 11.2 Å². The Labute approximate surface area is 154 Å². The Kier molecular flexibility index (Phi) is 4.80. The van der Waals surface area contributed by atoms with Crippen LogP contribution in [0.25, 0.3) is 23.1 Å². The summed E-state index contributed by atoms with van der Waals surface area (Å²) < 4.78 is 0. The first-order valence-electron chi connectivity index (χ1n) is 8.05. The van der Waals surface area contributed by atoms with E-state index in [0.717, 1.165) is 0 Å². The van der Waals surface area contributed by atoms with Gasteiger partial charge in [-0.15, -0.1) is 0 Å². The van der Waals surface area contributed by atoms with Crippen molar-refractivity contribution < 1.29 is 9.85 Å². The van der Waals surface area contributed by atoms with Crippen LogP contribution in [-0.2, 0) is 0 Å². The molecule has 8 nitrogen and oxygen atoms in total. The lowest BCUT2D eigenvalue weighted by molar-refractivity contribution is -0.384. The van der Waals surface area contributed by atoms with Crippen LogP contribution in [0.2, 0.25) is 0 Å². The molecule has 0 aliphatic heterocycles.